The second kappa shape index (κ2) is 12.6. The summed E-state index contributed by atoms with van der Waals surface area (Å²) in [6, 6.07) is 14.5. The third kappa shape index (κ3) is 7.33. The number of rotatable bonds is 11. The minimum absolute atomic E-state index is 0.0673. The van der Waals surface area contributed by atoms with Gasteiger partial charge in [0, 0.05) is 29.6 Å². The summed E-state index contributed by atoms with van der Waals surface area (Å²) in [5, 5.41) is 3.99. The highest BCUT2D eigenvalue weighted by molar-refractivity contribution is 6.35. The van der Waals surface area contributed by atoms with E-state index in [1.54, 1.807) is 17.0 Å². The predicted molar refractivity (Wildman–Crippen MR) is 124 cm³/mol. The van der Waals surface area contributed by atoms with E-state index in [9.17, 15) is 9.59 Å². The first-order chi connectivity index (χ1) is 14.5. The molecule has 30 heavy (non-hydrogen) atoms. The summed E-state index contributed by atoms with van der Waals surface area (Å²) in [6.45, 7) is 4.87. The number of nitrogens with zero attached hydrogens (tertiary/aromatic N) is 1. The fraction of sp³-hybridized carbons (Fsp3) is 0.417. The first-order valence-electron chi connectivity index (χ1n) is 10.5. The van der Waals surface area contributed by atoms with Crippen molar-refractivity contribution in [3.05, 3.63) is 69.7 Å². The minimum Gasteiger partial charge on any atom is -0.354 e. The highest BCUT2D eigenvalue weighted by atomic mass is 35.5. The zero-order valence-corrected chi connectivity index (χ0v) is 19.2. The second-order valence-electron chi connectivity index (χ2n) is 7.31. The van der Waals surface area contributed by atoms with Crippen molar-refractivity contribution in [2.75, 3.05) is 6.54 Å². The molecular weight excluding hydrogens is 419 g/mol. The maximum Gasteiger partial charge on any atom is 0.242 e. The van der Waals surface area contributed by atoms with Gasteiger partial charge in [0.15, 0.2) is 0 Å². The molecule has 0 aromatic heterocycles. The average Bonchev–Trinajstić information content (AvgIpc) is 2.74. The quantitative estimate of drug-likeness (QED) is 0.451. The van der Waals surface area contributed by atoms with Crippen molar-refractivity contribution in [1.82, 2.24) is 10.2 Å². The number of aryl methyl sites for hydroxylation is 1. The molecule has 0 bridgehead atoms. The monoisotopic (exact) mass is 448 g/mol. The fourth-order valence-corrected chi connectivity index (χ4v) is 3.77. The highest BCUT2D eigenvalue weighted by Crippen LogP contribution is 2.24. The smallest absolute Gasteiger partial charge is 0.242 e. The van der Waals surface area contributed by atoms with Gasteiger partial charge in [-0.15, -0.1) is 0 Å². The van der Waals surface area contributed by atoms with E-state index in [0.29, 0.717) is 35.9 Å². The standard InChI is InChI=1S/C24H30Cl2N2O2/c1-3-5-15-27-24(30)22(4-2)28(17-19-12-13-20(25)16-21(19)26)23(29)14-11-18-9-7-6-8-10-18/h6-10,12-13,16,22H,3-5,11,14-15,17H2,1-2H3,(H,27,30). The Labute approximate surface area is 189 Å². The van der Waals surface area contributed by atoms with Gasteiger partial charge < -0.3 is 10.2 Å². The molecule has 1 atom stereocenters. The minimum atomic E-state index is -0.545. The molecule has 1 N–H and O–H groups in total. The molecule has 0 fully saturated rings. The lowest BCUT2D eigenvalue weighted by atomic mass is 10.1. The zero-order valence-electron chi connectivity index (χ0n) is 17.7. The lowest BCUT2D eigenvalue weighted by Crippen LogP contribution is -2.49. The molecule has 2 amide bonds. The Morgan fingerprint density at radius 3 is 2.43 bits per heavy atom. The first-order valence-corrected chi connectivity index (χ1v) is 11.3. The topological polar surface area (TPSA) is 49.4 Å². The number of carbonyl (C=O) groups excluding carboxylic acids is 2. The van der Waals surface area contributed by atoms with E-state index in [1.165, 1.54) is 0 Å². The van der Waals surface area contributed by atoms with Gasteiger partial charge >= 0.3 is 0 Å². The average molecular weight is 449 g/mol. The molecule has 1 unspecified atom stereocenters. The van der Waals surface area contributed by atoms with Gasteiger partial charge in [0.25, 0.3) is 0 Å². The summed E-state index contributed by atoms with van der Waals surface area (Å²) in [5.41, 5.74) is 1.87. The highest BCUT2D eigenvalue weighted by Gasteiger charge is 2.28. The van der Waals surface area contributed by atoms with E-state index >= 15 is 0 Å². The molecule has 4 nitrogen and oxygen atoms in total. The maximum absolute atomic E-state index is 13.2. The van der Waals surface area contributed by atoms with Crippen LogP contribution >= 0.6 is 23.2 Å². The molecule has 0 saturated heterocycles. The zero-order chi connectivity index (χ0) is 21.9. The van der Waals surface area contributed by atoms with Crippen LogP contribution in [-0.2, 0) is 22.6 Å². The number of benzene rings is 2. The Hall–Kier alpha value is -2.04. The van der Waals surface area contributed by atoms with Gasteiger partial charge in [0.2, 0.25) is 11.8 Å². The van der Waals surface area contributed by atoms with E-state index in [4.69, 9.17) is 23.2 Å². The van der Waals surface area contributed by atoms with Crippen LogP contribution in [-0.4, -0.2) is 29.3 Å². The lowest BCUT2D eigenvalue weighted by molar-refractivity contribution is -0.141. The van der Waals surface area contributed by atoms with E-state index in [-0.39, 0.29) is 18.4 Å². The molecule has 2 aromatic carbocycles. The Morgan fingerprint density at radius 1 is 1.07 bits per heavy atom. The molecule has 2 aromatic rings. The van der Waals surface area contributed by atoms with Crippen LogP contribution in [0.3, 0.4) is 0 Å². The van der Waals surface area contributed by atoms with Crippen LogP contribution in [0.2, 0.25) is 10.0 Å². The maximum atomic E-state index is 13.2. The van der Waals surface area contributed by atoms with Crippen molar-refractivity contribution in [3.8, 4) is 0 Å². The number of hydrogen-bond acceptors (Lipinski definition) is 2. The third-order valence-corrected chi connectivity index (χ3v) is 5.63. The van der Waals surface area contributed by atoms with Gasteiger partial charge in [0.05, 0.1) is 0 Å². The normalized spacial score (nSPS) is 11.7. The van der Waals surface area contributed by atoms with Crippen molar-refractivity contribution in [3.63, 3.8) is 0 Å². The summed E-state index contributed by atoms with van der Waals surface area (Å²) in [7, 11) is 0. The number of halogens is 2. The van der Waals surface area contributed by atoms with Gasteiger partial charge in [-0.3, -0.25) is 9.59 Å². The Kier molecular flexibility index (Phi) is 10.2. The van der Waals surface area contributed by atoms with Crippen LogP contribution in [0.1, 0.15) is 50.7 Å². The molecule has 0 aliphatic rings. The fourth-order valence-electron chi connectivity index (χ4n) is 3.30. The van der Waals surface area contributed by atoms with Gasteiger partial charge in [-0.2, -0.15) is 0 Å². The van der Waals surface area contributed by atoms with E-state index in [0.717, 1.165) is 24.0 Å². The number of unbranched alkanes of at least 4 members (excludes halogenated alkanes) is 1. The van der Waals surface area contributed by atoms with Crippen LogP contribution in [0.25, 0.3) is 0 Å². The summed E-state index contributed by atoms with van der Waals surface area (Å²) >= 11 is 12.4. The Bertz CT molecular complexity index is 827. The van der Waals surface area contributed by atoms with Crippen LogP contribution in [0.4, 0.5) is 0 Å². The number of hydrogen-bond donors (Lipinski definition) is 1. The number of carbonyl (C=O) groups is 2. The number of nitrogens with one attached hydrogen (secondary N) is 1. The van der Waals surface area contributed by atoms with Crippen molar-refractivity contribution in [2.24, 2.45) is 0 Å². The molecule has 0 aliphatic carbocycles. The van der Waals surface area contributed by atoms with Crippen LogP contribution < -0.4 is 5.32 Å². The van der Waals surface area contributed by atoms with E-state index in [2.05, 4.69) is 12.2 Å². The van der Waals surface area contributed by atoms with Crippen molar-refractivity contribution in [1.29, 1.82) is 0 Å². The lowest BCUT2D eigenvalue weighted by Gasteiger charge is -2.31. The van der Waals surface area contributed by atoms with Crippen LogP contribution in [0, 0.1) is 0 Å². The van der Waals surface area contributed by atoms with Gasteiger partial charge in [-0.05, 0) is 42.5 Å². The molecule has 0 spiro atoms. The third-order valence-electron chi connectivity index (χ3n) is 5.04. The summed E-state index contributed by atoms with van der Waals surface area (Å²) < 4.78 is 0. The second-order valence-corrected chi connectivity index (χ2v) is 8.16. The summed E-state index contributed by atoms with van der Waals surface area (Å²) in [4.78, 5) is 27.7. The Morgan fingerprint density at radius 2 is 1.80 bits per heavy atom. The Balaban J connectivity index is 2.20. The van der Waals surface area contributed by atoms with Crippen LogP contribution in [0.15, 0.2) is 48.5 Å². The van der Waals surface area contributed by atoms with Crippen molar-refractivity contribution in [2.45, 2.75) is 58.5 Å². The van der Waals surface area contributed by atoms with Gasteiger partial charge in [-0.25, -0.2) is 0 Å². The first kappa shape index (κ1) is 24.2. The van der Waals surface area contributed by atoms with Crippen LogP contribution in [0.5, 0.6) is 0 Å². The molecule has 162 valence electrons. The molecule has 0 saturated carbocycles. The van der Waals surface area contributed by atoms with Crippen molar-refractivity contribution >= 4 is 35.0 Å². The van der Waals surface area contributed by atoms with Gasteiger partial charge in [-0.1, -0.05) is 79.9 Å². The molecule has 0 radical (unpaired) electrons. The van der Waals surface area contributed by atoms with E-state index in [1.807, 2.05) is 43.3 Å². The molecule has 6 heteroatoms. The number of amides is 2. The van der Waals surface area contributed by atoms with E-state index < -0.39 is 6.04 Å². The SMILES string of the molecule is CCCCNC(=O)C(CC)N(Cc1ccc(Cl)cc1Cl)C(=O)CCc1ccccc1. The molecule has 0 heterocycles. The predicted octanol–water partition coefficient (Wildman–Crippen LogP) is 5.65. The molecule has 0 aliphatic heterocycles. The molecular formula is C24H30Cl2N2O2. The molecule has 2 rings (SSSR count). The van der Waals surface area contributed by atoms with Gasteiger partial charge in [0.1, 0.15) is 6.04 Å². The van der Waals surface area contributed by atoms with Crippen molar-refractivity contribution < 1.29 is 9.59 Å². The summed E-state index contributed by atoms with van der Waals surface area (Å²) in [5.74, 6) is -0.188. The summed E-state index contributed by atoms with van der Waals surface area (Å²) in [6.07, 6.45) is 3.39. The largest absolute Gasteiger partial charge is 0.354 e.